The molecule has 1 unspecified atom stereocenters. The van der Waals surface area contributed by atoms with Crippen molar-refractivity contribution in [2.24, 2.45) is 5.73 Å². The van der Waals surface area contributed by atoms with Crippen molar-refractivity contribution in [1.82, 2.24) is 4.72 Å². The van der Waals surface area contributed by atoms with E-state index < -0.39 is 33.5 Å². The Morgan fingerprint density at radius 2 is 1.83 bits per heavy atom. The zero-order valence-corrected chi connectivity index (χ0v) is 15.1. The van der Waals surface area contributed by atoms with Crippen molar-refractivity contribution >= 4 is 21.9 Å². The Balaban J connectivity index is 3.27. The summed E-state index contributed by atoms with van der Waals surface area (Å²) in [5.74, 6) is -1.60. The number of hydrogen-bond donors (Lipinski definition) is 2. The molecule has 0 spiro atoms. The van der Waals surface area contributed by atoms with Crippen LogP contribution in [0.1, 0.15) is 38.1 Å². The van der Waals surface area contributed by atoms with Crippen molar-refractivity contribution in [3.8, 4) is 5.75 Å². The largest absolute Gasteiger partial charge is 0.495 e. The lowest BCUT2D eigenvalue weighted by molar-refractivity contribution is -0.125. The molecule has 0 saturated carbocycles. The number of methoxy groups -OCH3 is 1. The van der Waals surface area contributed by atoms with Crippen LogP contribution in [-0.2, 0) is 19.6 Å². The second-order valence-electron chi connectivity index (χ2n) is 6.17. The second kappa shape index (κ2) is 7.18. The van der Waals surface area contributed by atoms with E-state index in [1.54, 1.807) is 20.8 Å². The molecule has 0 bridgehead atoms. The molecule has 1 rings (SSSR count). The van der Waals surface area contributed by atoms with Crippen LogP contribution in [0.15, 0.2) is 23.1 Å². The highest BCUT2D eigenvalue weighted by molar-refractivity contribution is 7.89. The minimum Gasteiger partial charge on any atom is -0.495 e. The van der Waals surface area contributed by atoms with Crippen LogP contribution in [-0.4, -0.2) is 39.0 Å². The van der Waals surface area contributed by atoms with Crippen LogP contribution in [0.4, 0.5) is 0 Å². The van der Waals surface area contributed by atoms with Crippen LogP contribution in [0.2, 0.25) is 0 Å². The van der Waals surface area contributed by atoms with Gasteiger partial charge in [-0.25, -0.2) is 17.9 Å². The van der Waals surface area contributed by atoms with Gasteiger partial charge in [-0.1, -0.05) is 0 Å². The first-order valence-corrected chi connectivity index (χ1v) is 8.58. The number of benzene rings is 1. The van der Waals surface area contributed by atoms with Crippen molar-refractivity contribution in [1.29, 1.82) is 0 Å². The first-order valence-electron chi connectivity index (χ1n) is 7.09. The highest BCUT2D eigenvalue weighted by Crippen LogP contribution is 2.26. The molecule has 1 amide bonds. The summed E-state index contributed by atoms with van der Waals surface area (Å²) in [6.45, 7) is 6.37. The molecule has 8 nitrogen and oxygen atoms in total. The van der Waals surface area contributed by atoms with Gasteiger partial charge in [0.2, 0.25) is 10.0 Å². The van der Waals surface area contributed by atoms with Crippen LogP contribution in [0, 0.1) is 0 Å². The van der Waals surface area contributed by atoms with Crippen molar-refractivity contribution in [2.75, 3.05) is 7.11 Å². The summed E-state index contributed by atoms with van der Waals surface area (Å²) >= 11 is 0. The van der Waals surface area contributed by atoms with Crippen molar-refractivity contribution < 1.29 is 27.5 Å². The molecule has 0 aliphatic carbocycles. The molecule has 0 aromatic heterocycles. The second-order valence-corrected chi connectivity index (χ2v) is 7.82. The highest BCUT2D eigenvalue weighted by atomic mass is 32.2. The van der Waals surface area contributed by atoms with Gasteiger partial charge in [-0.2, -0.15) is 0 Å². The fourth-order valence-corrected chi connectivity index (χ4v) is 3.37. The Kier molecular flexibility index (Phi) is 5.96. The minimum atomic E-state index is -3.94. The smallest absolute Gasteiger partial charge is 0.338 e. The monoisotopic (exact) mass is 358 g/mol. The SMILES string of the molecule is COc1ccc(C(=O)OC(C)C(N)=O)cc1S(=O)(=O)NC(C)(C)C. The zero-order chi connectivity index (χ0) is 18.7. The third kappa shape index (κ3) is 5.20. The standard InChI is InChI=1S/C15H22N2O6S/c1-9(13(16)18)23-14(19)10-6-7-11(22-5)12(8-10)24(20,21)17-15(2,3)4/h6-9,17H,1-5H3,(H2,16,18). The topological polar surface area (TPSA) is 125 Å². The predicted octanol–water partition coefficient (Wildman–Crippen LogP) is 0.803. The Bertz CT molecular complexity index is 737. The number of ether oxygens (including phenoxy) is 2. The van der Waals surface area contributed by atoms with Gasteiger partial charge in [0.25, 0.3) is 5.91 Å². The molecular formula is C15H22N2O6S. The summed E-state index contributed by atoms with van der Waals surface area (Å²) in [6.07, 6.45) is -1.13. The van der Waals surface area contributed by atoms with E-state index in [1.165, 1.54) is 26.2 Å². The number of esters is 1. The Labute approximate surface area is 141 Å². The molecule has 0 fully saturated rings. The average Bonchev–Trinajstić information content (AvgIpc) is 2.43. The summed E-state index contributed by atoms with van der Waals surface area (Å²) < 4.78 is 37.4. The summed E-state index contributed by atoms with van der Waals surface area (Å²) in [6, 6.07) is 3.80. The number of carbonyl (C=O) groups excluding carboxylic acids is 2. The normalized spacial score (nSPS) is 13.2. The molecule has 0 aliphatic rings. The zero-order valence-electron chi connectivity index (χ0n) is 14.2. The Morgan fingerprint density at radius 3 is 2.29 bits per heavy atom. The molecule has 1 aromatic rings. The van der Waals surface area contributed by atoms with E-state index in [4.69, 9.17) is 15.2 Å². The van der Waals surface area contributed by atoms with E-state index in [1.807, 2.05) is 0 Å². The van der Waals surface area contributed by atoms with Gasteiger partial charge in [0.1, 0.15) is 10.6 Å². The molecule has 0 saturated heterocycles. The lowest BCUT2D eigenvalue weighted by Gasteiger charge is -2.21. The maximum absolute atomic E-state index is 12.5. The summed E-state index contributed by atoms with van der Waals surface area (Å²) in [7, 11) is -2.62. The first kappa shape index (κ1) is 19.9. The molecule has 3 N–H and O–H groups in total. The van der Waals surface area contributed by atoms with Crippen molar-refractivity contribution in [3.05, 3.63) is 23.8 Å². The number of hydrogen-bond acceptors (Lipinski definition) is 6. The molecule has 0 aliphatic heterocycles. The van der Waals surface area contributed by atoms with E-state index in [2.05, 4.69) is 4.72 Å². The van der Waals surface area contributed by atoms with Gasteiger partial charge in [0.05, 0.1) is 12.7 Å². The van der Waals surface area contributed by atoms with Gasteiger partial charge in [0, 0.05) is 5.54 Å². The molecule has 1 atom stereocenters. The molecular weight excluding hydrogens is 336 g/mol. The quantitative estimate of drug-likeness (QED) is 0.725. The number of nitrogens with one attached hydrogen (secondary N) is 1. The van der Waals surface area contributed by atoms with Crippen LogP contribution in [0.5, 0.6) is 5.75 Å². The number of rotatable bonds is 6. The number of nitrogens with two attached hydrogens (primary N) is 1. The molecule has 134 valence electrons. The molecule has 0 radical (unpaired) electrons. The number of sulfonamides is 1. The van der Waals surface area contributed by atoms with Crippen LogP contribution in [0.3, 0.4) is 0 Å². The van der Waals surface area contributed by atoms with Crippen LogP contribution < -0.4 is 15.2 Å². The van der Waals surface area contributed by atoms with E-state index >= 15 is 0 Å². The van der Waals surface area contributed by atoms with Crippen molar-refractivity contribution in [3.63, 3.8) is 0 Å². The number of carbonyl (C=O) groups is 2. The van der Waals surface area contributed by atoms with Gasteiger partial charge in [-0.05, 0) is 45.9 Å². The lowest BCUT2D eigenvalue weighted by Crippen LogP contribution is -2.40. The maximum Gasteiger partial charge on any atom is 0.338 e. The fourth-order valence-electron chi connectivity index (χ4n) is 1.76. The van der Waals surface area contributed by atoms with Crippen LogP contribution in [0.25, 0.3) is 0 Å². The summed E-state index contributed by atoms with van der Waals surface area (Å²) in [4.78, 5) is 22.8. The maximum atomic E-state index is 12.5. The van der Waals surface area contributed by atoms with E-state index in [-0.39, 0.29) is 16.2 Å². The van der Waals surface area contributed by atoms with E-state index in [9.17, 15) is 18.0 Å². The summed E-state index contributed by atoms with van der Waals surface area (Å²) in [5, 5.41) is 0. The fraction of sp³-hybridized carbons (Fsp3) is 0.467. The lowest BCUT2D eigenvalue weighted by atomic mass is 10.1. The third-order valence-electron chi connectivity index (χ3n) is 2.81. The van der Waals surface area contributed by atoms with E-state index in [0.717, 1.165) is 6.07 Å². The Hall–Kier alpha value is -2.13. The molecule has 24 heavy (non-hydrogen) atoms. The number of primary amides is 1. The Morgan fingerprint density at radius 1 is 1.25 bits per heavy atom. The third-order valence-corrected chi connectivity index (χ3v) is 4.59. The van der Waals surface area contributed by atoms with Gasteiger partial charge >= 0.3 is 5.97 Å². The predicted molar refractivity (Wildman–Crippen MR) is 87.1 cm³/mol. The highest BCUT2D eigenvalue weighted by Gasteiger charge is 2.27. The van der Waals surface area contributed by atoms with Gasteiger partial charge in [-0.3, -0.25) is 4.79 Å². The van der Waals surface area contributed by atoms with Gasteiger partial charge in [-0.15, -0.1) is 0 Å². The van der Waals surface area contributed by atoms with Gasteiger partial charge < -0.3 is 15.2 Å². The first-order chi connectivity index (χ1) is 10.9. The average molecular weight is 358 g/mol. The molecule has 0 heterocycles. The van der Waals surface area contributed by atoms with Gasteiger partial charge in [0.15, 0.2) is 6.10 Å². The van der Waals surface area contributed by atoms with E-state index in [0.29, 0.717) is 0 Å². The number of amides is 1. The summed E-state index contributed by atoms with van der Waals surface area (Å²) in [5.41, 5.74) is 4.27. The van der Waals surface area contributed by atoms with Crippen molar-refractivity contribution in [2.45, 2.75) is 44.2 Å². The minimum absolute atomic E-state index is 0.0433. The molecule has 9 heteroatoms. The molecule has 1 aromatic carbocycles. The van der Waals surface area contributed by atoms with Crippen LogP contribution >= 0.6 is 0 Å².